The third-order valence-electron chi connectivity index (χ3n) is 1.68. The van der Waals surface area contributed by atoms with E-state index in [4.69, 9.17) is 11.2 Å². The van der Waals surface area contributed by atoms with Crippen molar-refractivity contribution in [3.63, 3.8) is 0 Å². The van der Waals surface area contributed by atoms with Gasteiger partial charge in [0.2, 0.25) is 0 Å². The molecule has 0 N–H and O–H groups in total. The van der Waals surface area contributed by atoms with Gasteiger partial charge in [-0.05, 0) is 11.2 Å². The van der Waals surface area contributed by atoms with Crippen LogP contribution >= 0.6 is 17.7 Å². The maximum absolute atomic E-state index is 11.8. The van der Waals surface area contributed by atoms with E-state index in [1.807, 2.05) is 6.07 Å². The van der Waals surface area contributed by atoms with Gasteiger partial charge in [0.1, 0.15) is 6.29 Å². The second kappa shape index (κ2) is 4.59. The van der Waals surface area contributed by atoms with Crippen LogP contribution in [0.4, 0.5) is 0 Å². The Labute approximate surface area is 82.1 Å². The number of hydrogen-bond donors (Lipinski definition) is 0. The fourth-order valence-electron chi connectivity index (χ4n) is 0.998. The summed E-state index contributed by atoms with van der Waals surface area (Å²) in [4.78, 5) is 10.1. The molecule has 1 aromatic rings. The summed E-state index contributed by atoms with van der Waals surface area (Å²) in [7, 11) is 0. The van der Waals surface area contributed by atoms with Crippen molar-refractivity contribution in [1.82, 2.24) is 0 Å². The van der Waals surface area contributed by atoms with E-state index in [0.29, 0.717) is 5.30 Å². The van der Waals surface area contributed by atoms with Crippen molar-refractivity contribution >= 4 is 29.3 Å². The van der Waals surface area contributed by atoms with Crippen molar-refractivity contribution < 1.29 is 9.36 Å². The Kier molecular flexibility index (Phi) is 3.71. The van der Waals surface area contributed by atoms with Gasteiger partial charge in [-0.15, -0.1) is 0 Å². The molecule has 0 heterocycles. The molecule has 0 saturated heterocycles. The first-order chi connectivity index (χ1) is 6.17. The largest absolute Gasteiger partial charge is 0.303 e. The molecule has 70 valence electrons. The van der Waals surface area contributed by atoms with Crippen LogP contribution in [-0.2, 0) is 9.36 Å². The monoisotopic (exact) mass is 216 g/mol. The summed E-state index contributed by atoms with van der Waals surface area (Å²) in [5.41, 5.74) is 0. The van der Waals surface area contributed by atoms with Crippen LogP contribution in [0.5, 0.6) is 0 Å². The number of aldehydes is 1. The quantitative estimate of drug-likeness (QED) is 0.572. The Morgan fingerprint density at radius 3 is 2.46 bits per heavy atom. The number of carbonyl (C=O) groups is 1. The zero-order chi connectivity index (χ0) is 9.73. The summed E-state index contributed by atoms with van der Waals surface area (Å²) in [5.74, 6) is 0. The van der Waals surface area contributed by atoms with Gasteiger partial charge in [-0.3, -0.25) is 0 Å². The number of benzene rings is 1. The van der Waals surface area contributed by atoms with Crippen molar-refractivity contribution in [2.75, 3.05) is 6.16 Å². The third-order valence-corrected chi connectivity index (χ3v) is 4.67. The molecule has 0 amide bonds. The van der Waals surface area contributed by atoms with Crippen LogP contribution in [0.3, 0.4) is 0 Å². The van der Waals surface area contributed by atoms with Crippen LogP contribution in [0.2, 0.25) is 0 Å². The molecule has 0 saturated carbocycles. The number of carbonyl (C=O) groups excluding carboxylic acids is 1. The SMILES string of the molecule is O=CCCP(=O)(Cl)c1ccccc1. The molecule has 0 aliphatic carbocycles. The average Bonchev–Trinajstić information content (AvgIpc) is 2.16. The van der Waals surface area contributed by atoms with E-state index >= 15 is 0 Å². The molecule has 0 bridgehead atoms. The standard InChI is InChI=1S/C9H10ClO2P/c10-13(12,8-4-7-11)9-5-2-1-3-6-9/h1-3,5-7H,4,8H2. The van der Waals surface area contributed by atoms with Gasteiger partial charge in [0.05, 0.1) is 0 Å². The van der Waals surface area contributed by atoms with Crippen molar-refractivity contribution in [3.8, 4) is 0 Å². The lowest BCUT2D eigenvalue weighted by Gasteiger charge is -2.07. The highest BCUT2D eigenvalue weighted by Gasteiger charge is 2.19. The van der Waals surface area contributed by atoms with Crippen LogP contribution in [0, 0.1) is 0 Å². The zero-order valence-electron chi connectivity index (χ0n) is 7.02. The van der Waals surface area contributed by atoms with Crippen molar-refractivity contribution in [2.24, 2.45) is 0 Å². The molecule has 1 unspecified atom stereocenters. The maximum atomic E-state index is 11.8. The predicted octanol–water partition coefficient (Wildman–Crippen LogP) is 2.42. The molecule has 0 fully saturated rings. The van der Waals surface area contributed by atoms with E-state index in [-0.39, 0.29) is 12.6 Å². The first kappa shape index (κ1) is 10.5. The highest BCUT2D eigenvalue weighted by molar-refractivity contribution is 7.95. The van der Waals surface area contributed by atoms with Crippen LogP contribution in [0.15, 0.2) is 30.3 Å². The Balaban J connectivity index is 2.81. The Bertz CT molecular complexity index is 324. The minimum absolute atomic E-state index is 0.238. The minimum atomic E-state index is -2.82. The van der Waals surface area contributed by atoms with Gasteiger partial charge >= 0.3 is 0 Å². The molecule has 0 aliphatic rings. The summed E-state index contributed by atoms with van der Waals surface area (Å²) in [6.07, 6.45) is 1.22. The van der Waals surface area contributed by atoms with Crippen molar-refractivity contribution in [1.29, 1.82) is 0 Å². The molecular formula is C9H10ClO2P. The van der Waals surface area contributed by atoms with Crippen LogP contribution in [0.1, 0.15) is 6.42 Å². The molecule has 1 aromatic carbocycles. The first-order valence-corrected chi connectivity index (χ1v) is 6.74. The fraction of sp³-hybridized carbons (Fsp3) is 0.222. The topological polar surface area (TPSA) is 34.1 Å². The van der Waals surface area contributed by atoms with E-state index in [9.17, 15) is 9.36 Å². The predicted molar refractivity (Wildman–Crippen MR) is 55.1 cm³/mol. The van der Waals surface area contributed by atoms with E-state index in [1.54, 1.807) is 24.3 Å². The maximum Gasteiger partial charge on any atom is 0.197 e. The first-order valence-electron chi connectivity index (χ1n) is 3.95. The van der Waals surface area contributed by atoms with E-state index in [2.05, 4.69) is 0 Å². The molecule has 1 rings (SSSR count). The Morgan fingerprint density at radius 1 is 1.31 bits per heavy atom. The molecule has 0 spiro atoms. The summed E-state index contributed by atoms with van der Waals surface area (Å²) in [5, 5.41) is 0.624. The van der Waals surface area contributed by atoms with E-state index in [0.717, 1.165) is 6.29 Å². The second-order valence-electron chi connectivity index (χ2n) is 2.67. The number of rotatable bonds is 4. The van der Waals surface area contributed by atoms with Crippen LogP contribution in [-0.4, -0.2) is 12.4 Å². The van der Waals surface area contributed by atoms with Crippen LogP contribution in [0.25, 0.3) is 0 Å². The zero-order valence-corrected chi connectivity index (χ0v) is 8.67. The van der Waals surface area contributed by atoms with Crippen LogP contribution < -0.4 is 5.30 Å². The Hall–Kier alpha value is -0.590. The van der Waals surface area contributed by atoms with Crippen molar-refractivity contribution in [2.45, 2.75) is 6.42 Å². The lowest BCUT2D eigenvalue weighted by molar-refractivity contribution is -0.107. The summed E-state index contributed by atoms with van der Waals surface area (Å²) < 4.78 is 11.8. The van der Waals surface area contributed by atoms with Crippen molar-refractivity contribution in [3.05, 3.63) is 30.3 Å². The molecule has 0 radical (unpaired) electrons. The molecule has 13 heavy (non-hydrogen) atoms. The second-order valence-corrected chi connectivity index (χ2v) is 6.57. The third kappa shape index (κ3) is 2.98. The van der Waals surface area contributed by atoms with Gasteiger partial charge in [-0.25, -0.2) is 0 Å². The summed E-state index contributed by atoms with van der Waals surface area (Å²) in [6, 6.07) is 8.84. The van der Waals surface area contributed by atoms with Gasteiger partial charge < -0.3 is 9.36 Å². The van der Waals surface area contributed by atoms with Gasteiger partial charge in [0.15, 0.2) is 6.49 Å². The lowest BCUT2D eigenvalue weighted by atomic mass is 10.4. The summed E-state index contributed by atoms with van der Waals surface area (Å²) in [6.45, 7) is -2.82. The van der Waals surface area contributed by atoms with Gasteiger partial charge in [0, 0.05) is 17.9 Å². The molecule has 2 nitrogen and oxygen atoms in total. The molecule has 4 heteroatoms. The van der Waals surface area contributed by atoms with Gasteiger partial charge in [0.25, 0.3) is 0 Å². The molecule has 0 aromatic heterocycles. The lowest BCUT2D eigenvalue weighted by Crippen LogP contribution is -2.02. The van der Waals surface area contributed by atoms with Gasteiger partial charge in [-0.2, -0.15) is 0 Å². The molecule has 0 aliphatic heterocycles. The normalized spacial score (nSPS) is 14.8. The van der Waals surface area contributed by atoms with E-state index in [1.165, 1.54) is 0 Å². The average molecular weight is 217 g/mol. The molecule has 1 atom stereocenters. The van der Waals surface area contributed by atoms with E-state index < -0.39 is 6.49 Å². The highest BCUT2D eigenvalue weighted by atomic mass is 35.7. The molecular weight excluding hydrogens is 207 g/mol. The minimum Gasteiger partial charge on any atom is -0.303 e. The number of hydrogen-bond acceptors (Lipinski definition) is 2. The fourth-order valence-corrected chi connectivity index (χ4v) is 2.94. The highest BCUT2D eigenvalue weighted by Crippen LogP contribution is 2.49. The Morgan fingerprint density at radius 2 is 1.92 bits per heavy atom. The van der Waals surface area contributed by atoms with Gasteiger partial charge in [-0.1, -0.05) is 30.3 Å². The smallest absolute Gasteiger partial charge is 0.197 e. The number of halogens is 1. The summed E-state index contributed by atoms with van der Waals surface area (Å²) >= 11 is 5.84.